The van der Waals surface area contributed by atoms with Gasteiger partial charge in [-0.15, -0.1) is 11.3 Å². The van der Waals surface area contributed by atoms with Crippen molar-refractivity contribution in [1.82, 2.24) is 5.32 Å². The van der Waals surface area contributed by atoms with Gasteiger partial charge in [0.1, 0.15) is 4.88 Å². The highest BCUT2D eigenvalue weighted by molar-refractivity contribution is 7.12. The van der Waals surface area contributed by atoms with Crippen LogP contribution in [0.3, 0.4) is 0 Å². The first-order chi connectivity index (χ1) is 9.70. The lowest BCUT2D eigenvalue weighted by molar-refractivity contribution is 0.0701. The van der Waals surface area contributed by atoms with Crippen LogP contribution in [-0.4, -0.2) is 18.2 Å². The first-order valence-corrected chi connectivity index (χ1v) is 7.16. The van der Waals surface area contributed by atoms with Crippen molar-refractivity contribution in [2.24, 2.45) is 0 Å². The highest BCUT2D eigenvalue weighted by Crippen LogP contribution is 2.16. The topological polar surface area (TPSA) is 58.6 Å². The zero-order chi connectivity index (χ0) is 14.4. The number of benzene rings is 1. The molecule has 0 saturated carbocycles. The summed E-state index contributed by atoms with van der Waals surface area (Å²) in [6, 6.07) is 10.00. The summed E-state index contributed by atoms with van der Waals surface area (Å²) in [6.45, 7) is 1.85. The maximum Gasteiger partial charge on any atom is 0.346 e. The highest BCUT2D eigenvalue weighted by atomic mass is 32.1. The molecule has 0 amide bonds. The lowest BCUT2D eigenvalue weighted by atomic mass is 10.1. The van der Waals surface area contributed by atoms with Crippen LogP contribution < -0.4 is 5.32 Å². The predicted octanol–water partition coefficient (Wildman–Crippen LogP) is 2.88. The maximum atomic E-state index is 11.0. The van der Waals surface area contributed by atoms with Crippen LogP contribution >= 0.6 is 11.3 Å². The van der Waals surface area contributed by atoms with Gasteiger partial charge in [0.25, 0.3) is 0 Å². The van der Waals surface area contributed by atoms with Crippen LogP contribution in [0.4, 0.5) is 0 Å². The first-order valence-electron chi connectivity index (χ1n) is 6.28. The van der Waals surface area contributed by atoms with E-state index in [-0.39, 0.29) is 0 Å². The van der Waals surface area contributed by atoms with Crippen molar-refractivity contribution in [3.05, 3.63) is 57.3 Å². The lowest BCUT2D eigenvalue weighted by Gasteiger charge is -2.07. The number of methoxy groups -OCH3 is 1. The van der Waals surface area contributed by atoms with Crippen molar-refractivity contribution in [2.45, 2.75) is 19.7 Å². The van der Waals surface area contributed by atoms with Crippen molar-refractivity contribution >= 4 is 17.3 Å². The van der Waals surface area contributed by atoms with Gasteiger partial charge in [-0.05, 0) is 28.1 Å². The Hall–Kier alpha value is -1.69. The summed E-state index contributed by atoms with van der Waals surface area (Å²) < 4.78 is 5.10. The molecule has 0 aliphatic heterocycles. The fourth-order valence-electron chi connectivity index (χ4n) is 2.00. The molecule has 5 heteroatoms. The maximum absolute atomic E-state index is 11.0. The van der Waals surface area contributed by atoms with Gasteiger partial charge in [0.15, 0.2) is 0 Å². The SMILES string of the molecule is COCc1cccc(CNCc2ccsc2C(=O)O)c1. The van der Waals surface area contributed by atoms with Crippen LogP contribution in [-0.2, 0) is 24.4 Å². The van der Waals surface area contributed by atoms with E-state index in [1.54, 1.807) is 12.5 Å². The molecule has 4 nitrogen and oxygen atoms in total. The van der Waals surface area contributed by atoms with E-state index in [0.29, 0.717) is 24.6 Å². The second kappa shape index (κ2) is 7.19. The normalized spacial score (nSPS) is 10.7. The number of carbonyl (C=O) groups is 1. The number of thiophene rings is 1. The minimum atomic E-state index is -0.862. The summed E-state index contributed by atoms with van der Waals surface area (Å²) in [4.78, 5) is 11.4. The van der Waals surface area contributed by atoms with E-state index >= 15 is 0 Å². The molecule has 1 aromatic heterocycles. The Morgan fingerprint density at radius 3 is 2.85 bits per heavy atom. The Morgan fingerprint density at radius 2 is 2.10 bits per heavy atom. The number of hydrogen-bond donors (Lipinski definition) is 2. The van der Waals surface area contributed by atoms with Gasteiger partial charge in [0.2, 0.25) is 0 Å². The molecule has 0 unspecified atom stereocenters. The third kappa shape index (κ3) is 3.90. The minimum absolute atomic E-state index is 0.408. The molecule has 1 heterocycles. The van der Waals surface area contributed by atoms with Gasteiger partial charge in [-0.1, -0.05) is 24.3 Å². The first kappa shape index (κ1) is 14.7. The average Bonchev–Trinajstić information content (AvgIpc) is 2.88. The number of hydrogen-bond acceptors (Lipinski definition) is 4. The number of carboxylic acid groups (broad SMARTS) is 1. The lowest BCUT2D eigenvalue weighted by Crippen LogP contribution is -2.14. The van der Waals surface area contributed by atoms with E-state index in [1.165, 1.54) is 11.3 Å². The van der Waals surface area contributed by atoms with Gasteiger partial charge in [-0.3, -0.25) is 0 Å². The smallest absolute Gasteiger partial charge is 0.346 e. The Balaban J connectivity index is 1.91. The van der Waals surface area contributed by atoms with E-state index in [9.17, 15) is 4.79 Å². The molecule has 106 valence electrons. The van der Waals surface area contributed by atoms with Crippen molar-refractivity contribution in [3.63, 3.8) is 0 Å². The summed E-state index contributed by atoms with van der Waals surface area (Å²) in [5.41, 5.74) is 3.12. The fourth-order valence-corrected chi connectivity index (χ4v) is 2.76. The molecule has 1 aromatic carbocycles. The molecule has 2 rings (SSSR count). The molecule has 0 spiro atoms. The minimum Gasteiger partial charge on any atom is -0.477 e. The molecule has 0 aliphatic rings. The quantitative estimate of drug-likeness (QED) is 0.823. The van der Waals surface area contributed by atoms with Crippen LogP contribution in [0.15, 0.2) is 35.7 Å². The van der Waals surface area contributed by atoms with Gasteiger partial charge in [-0.25, -0.2) is 4.79 Å². The number of ether oxygens (including phenoxy) is 1. The molecular formula is C15H17NO3S. The molecular weight excluding hydrogens is 274 g/mol. The molecule has 2 N–H and O–H groups in total. The van der Waals surface area contributed by atoms with E-state index in [2.05, 4.69) is 11.4 Å². The van der Waals surface area contributed by atoms with Gasteiger partial charge < -0.3 is 15.2 Å². The van der Waals surface area contributed by atoms with Gasteiger partial charge in [0.05, 0.1) is 6.61 Å². The Kier molecular flexibility index (Phi) is 5.29. The Morgan fingerprint density at radius 1 is 1.30 bits per heavy atom. The fraction of sp³-hybridized carbons (Fsp3) is 0.267. The number of nitrogens with one attached hydrogen (secondary N) is 1. The standard InChI is InChI=1S/C15H17NO3S/c1-19-10-12-4-2-3-11(7-12)8-16-9-13-5-6-20-14(13)15(17)18/h2-7,16H,8-10H2,1H3,(H,17,18). The van der Waals surface area contributed by atoms with Crippen LogP contribution in [0, 0.1) is 0 Å². The molecule has 0 bridgehead atoms. The number of rotatable bonds is 7. The summed E-state index contributed by atoms with van der Waals surface area (Å²) in [6.07, 6.45) is 0. The van der Waals surface area contributed by atoms with Gasteiger partial charge in [-0.2, -0.15) is 0 Å². The molecule has 0 aliphatic carbocycles. The highest BCUT2D eigenvalue weighted by Gasteiger charge is 2.10. The summed E-state index contributed by atoms with van der Waals surface area (Å²) in [5, 5.41) is 14.1. The van der Waals surface area contributed by atoms with Crippen LogP contribution in [0.2, 0.25) is 0 Å². The molecule has 2 aromatic rings. The predicted molar refractivity (Wildman–Crippen MR) is 79.0 cm³/mol. The van der Waals surface area contributed by atoms with Crippen LogP contribution in [0.25, 0.3) is 0 Å². The van der Waals surface area contributed by atoms with Crippen molar-refractivity contribution in [2.75, 3.05) is 7.11 Å². The number of aromatic carboxylic acids is 1. The average molecular weight is 291 g/mol. The monoisotopic (exact) mass is 291 g/mol. The molecule has 0 fully saturated rings. The summed E-state index contributed by atoms with van der Waals surface area (Å²) >= 11 is 1.26. The van der Waals surface area contributed by atoms with Crippen molar-refractivity contribution < 1.29 is 14.6 Å². The third-order valence-corrected chi connectivity index (χ3v) is 3.83. The molecule has 0 atom stereocenters. The summed E-state index contributed by atoms with van der Waals surface area (Å²) in [5.74, 6) is -0.862. The second-order valence-corrected chi connectivity index (χ2v) is 5.35. The van der Waals surface area contributed by atoms with Gasteiger partial charge >= 0.3 is 5.97 Å². The van der Waals surface area contributed by atoms with E-state index < -0.39 is 5.97 Å². The molecule has 0 saturated heterocycles. The van der Waals surface area contributed by atoms with E-state index in [4.69, 9.17) is 9.84 Å². The van der Waals surface area contributed by atoms with E-state index in [0.717, 1.165) is 16.7 Å². The second-order valence-electron chi connectivity index (χ2n) is 4.44. The van der Waals surface area contributed by atoms with Crippen molar-refractivity contribution in [3.8, 4) is 0 Å². The number of carboxylic acids is 1. The van der Waals surface area contributed by atoms with Gasteiger partial charge in [0, 0.05) is 20.2 Å². The third-order valence-electron chi connectivity index (χ3n) is 2.89. The molecule has 20 heavy (non-hydrogen) atoms. The Bertz CT molecular complexity index is 580. The Labute approximate surface area is 122 Å². The molecule has 0 radical (unpaired) electrons. The summed E-state index contributed by atoms with van der Waals surface area (Å²) in [7, 11) is 1.68. The van der Waals surface area contributed by atoms with Crippen LogP contribution in [0.1, 0.15) is 26.4 Å². The van der Waals surface area contributed by atoms with Crippen LogP contribution in [0.5, 0.6) is 0 Å². The van der Waals surface area contributed by atoms with Crippen molar-refractivity contribution in [1.29, 1.82) is 0 Å². The zero-order valence-electron chi connectivity index (χ0n) is 11.3. The van der Waals surface area contributed by atoms with E-state index in [1.807, 2.05) is 24.3 Å². The largest absolute Gasteiger partial charge is 0.477 e. The zero-order valence-corrected chi connectivity index (χ0v) is 12.1.